The summed E-state index contributed by atoms with van der Waals surface area (Å²) in [5.74, 6) is 4.06. The molecule has 30 heavy (non-hydrogen) atoms. The summed E-state index contributed by atoms with van der Waals surface area (Å²) in [5, 5.41) is 3.57. The molecular formula is C25H37N3O2+2. The van der Waals surface area contributed by atoms with E-state index in [9.17, 15) is 4.79 Å². The Morgan fingerprint density at radius 2 is 1.67 bits per heavy atom. The molecule has 1 saturated heterocycles. The third kappa shape index (κ3) is 3.75. The van der Waals surface area contributed by atoms with Crippen LogP contribution >= 0.6 is 0 Å². The zero-order valence-electron chi connectivity index (χ0n) is 18.2. The third-order valence-corrected chi connectivity index (χ3v) is 8.73. The third-order valence-electron chi connectivity index (χ3n) is 8.73. The summed E-state index contributed by atoms with van der Waals surface area (Å²) in [6.07, 6.45) is 9.11. The lowest BCUT2D eigenvalue weighted by molar-refractivity contribution is -1.02. The smallest absolute Gasteiger partial charge is 0.275 e. The van der Waals surface area contributed by atoms with Crippen molar-refractivity contribution in [2.45, 2.75) is 57.0 Å². The molecule has 5 heteroatoms. The van der Waals surface area contributed by atoms with Gasteiger partial charge in [0.1, 0.15) is 38.5 Å². The quantitative estimate of drug-likeness (QED) is 0.638. The minimum absolute atomic E-state index is 0.162. The first kappa shape index (κ1) is 19.1. The number of ether oxygens (including phenoxy) is 1. The van der Waals surface area contributed by atoms with E-state index < -0.39 is 0 Å². The Labute approximate surface area is 180 Å². The Hall–Kier alpha value is -1.59. The van der Waals surface area contributed by atoms with Crippen molar-refractivity contribution in [2.75, 3.05) is 39.3 Å². The predicted octanol–water partition coefficient (Wildman–Crippen LogP) is -0.0101. The number of nitrogens with one attached hydrogen (secondary N) is 3. The second kappa shape index (κ2) is 7.52. The number of carbonyl (C=O) groups is 1. The Kier molecular flexibility index (Phi) is 4.80. The highest BCUT2D eigenvalue weighted by molar-refractivity contribution is 5.77. The summed E-state index contributed by atoms with van der Waals surface area (Å²) in [6, 6.07) is 6.72. The van der Waals surface area contributed by atoms with Crippen molar-refractivity contribution in [1.82, 2.24) is 5.32 Å². The number of amides is 1. The molecule has 162 valence electrons. The van der Waals surface area contributed by atoms with Gasteiger partial charge in [-0.1, -0.05) is 0 Å². The molecule has 0 unspecified atom stereocenters. The molecule has 0 radical (unpaired) electrons. The van der Waals surface area contributed by atoms with Gasteiger partial charge < -0.3 is 19.9 Å². The second-order valence-corrected chi connectivity index (χ2v) is 11.1. The standard InChI is InChI=1S/C25H35N3O2/c29-24(26-25-13-19-9-20(14-25)11-21(10-19)15-25)17-28-6-4-27(5-7-28)16-18-1-2-23-22(12-18)3-8-30-23/h1-2,12,19-21H,3-11,13-17H2,(H,26,29)/p+2. The molecule has 1 amide bonds. The molecule has 0 aromatic heterocycles. The summed E-state index contributed by atoms with van der Waals surface area (Å²) in [4.78, 5) is 16.1. The molecule has 6 aliphatic rings. The average Bonchev–Trinajstić information content (AvgIpc) is 3.16. The second-order valence-electron chi connectivity index (χ2n) is 11.1. The predicted molar refractivity (Wildman–Crippen MR) is 115 cm³/mol. The van der Waals surface area contributed by atoms with Gasteiger partial charge in [0, 0.05) is 17.5 Å². The number of rotatable bonds is 5. The molecule has 2 heterocycles. The van der Waals surface area contributed by atoms with Crippen LogP contribution in [0.2, 0.25) is 0 Å². The van der Waals surface area contributed by atoms with Crippen molar-refractivity contribution in [3.8, 4) is 5.75 Å². The van der Waals surface area contributed by atoms with Crippen molar-refractivity contribution in [2.24, 2.45) is 17.8 Å². The van der Waals surface area contributed by atoms with E-state index in [2.05, 4.69) is 23.5 Å². The summed E-state index contributed by atoms with van der Waals surface area (Å²) in [6.45, 7) is 7.14. The monoisotopic (exact) mass is 411 g/mol. The van der Waals surface area contributed by atoms with Crippen LogP contribution in [0, 0.1) is 17.8 Å². The highest BCUT2D eigenvalue weighted by Crippen LogP contribution is 2.55. The van der Waals surface area contributed by atoms with Gasteiger partial charge >= 0.3 is 0 Å². The van der Waals surface area contributed by atoms with Crippen LogP contribution in [0.15, 0.2) is 18.2 Å². The molecule has 2 aliphatic heterocycles. The summed E-state index contributed by atoms with van der Waals surface area (Å²) < 4.78 is 5.63. The van der Waals surface area contributed by atoms with E-state index in [1.54, 1.807) is 4.90 Å². The van der Waals surface area contributed by atoms with E-state index in [-0.39, 0.29) is 5.54 Å². The number of quaternary nitrogens is 2. The highest BCUT2D eigenvalue weighted by atomic mass is 16.5. The first-order valence-corrected chi connectivity index (χ1v) is 12.4. The van der Waals surface area contributed by atoms with Gasteiger partial charge in [-0.3, -0.25) is 4.79 Å². The molecule has 4 aliphatic carbocycles. The number of hydrogen-bond acceptors (Lipinski definition) is 2. The van der Waals surface area contributed by atoms with Crippen molar-refractivity contribution in [3.63, 3.8) is 0 Å². The molecule has 5 fully saturated rings. The van der Waals surface area contributed by atoms with Gasteiger partial charge in [-0.05, 0) is 80.0 Å². The number of carbonyl (C=O) groups excluding carboxylic acids is 1. The molecule has 1 aromatic rings. The van der Waals surface area contributed by atoms with E-state index >= 15 is 0 Å². The number of benzene rings is 1. The van der Waals surface area contributed by atoms with Crippen molar-refractivity contribution < 1.29 is 19.3 Å². The Morgan fingerprint density at radius 1 is 1.00 bits per heavy atom. The van der Waals surface area contributed by atoms with E-state index in [0.29, 0.717) is 12.5 Å². The van der Waals surface area contributed by atoms with Crippen LogP contribution in [0.1, 0.15) is 49.7 Å². The van der Waals surface area contributed by atoms with Crippen LogP contribution < -0.4 is 19.9 Å². The molecule has 5 nitrogen and oxygen atoms in total. The molecular weight excluding hydrogens is 374 g/mol. The lowest BCUT2D eigenvalue weighted by Gasteiger charge is -2.56. The van der Waals surface area contributed by atoms with Crippen LogP contribution in [-0.4, -0.2) is 50.8 Å². The summed E-state index contributed by atoms with van der Waals surface area (Å²) >= 11 is 0. The van der Waals surface area contributed by atoms with Gasteiger partial charge in [0.05, 0.1) is 6.61 Å². The molecule has 4 bridgehead atoms. The van der Waals surface area contributed by atoms with Gasteiger partial charge in [-0.25, -0.2) is 0 Å². The van der Waals surface area contributed by atoms with Crippen LogP contribution in [0.3, 0.4) is 0 Å². The topological polar surface area (TPSA) is 47.2 Å². The molecule has 4 saturated carbocycles. The SMILES string of the molecule is O=C(C[NH+]1CC[NH+](Cc2ccc3c(c2)CCO3)CC1)NC12CC3CC(CC(C3)C1)C2. The normalized spacial score (nSPS) is 38.9. The van der Waals surface area contributed by atoms with Gasteiger partial charge in [-0.15, -0.1) is 0 Å². The largest absolute Gasteiger partial charge is 0.493 e. The van der Waals surface area contributed by atoms with Gasteiger partial charge in [0.15, 0.2) is 6.54 Å². The first-order chi connectivity index (χ1) is 14.6. The molecule has 0 atom stereocenters. The van der Waals surface area contributed by atoms with E-state index in [4.69, 9.17) is 4.74 Å². The summed E-state index contributed by atoms with van der Waals surface area (Å²) in [5.41, 5.74) is 2.96. The van der Waals surface area contributed by atoms with Crippen LogP contribution in [0.25, 0.3) is 0 Å². The van der Waals surface area contributed by atoms with Gasteiger partial charge in [-0.2, -0.15) is 0 Å². The zero-order chi connectivity index (χ0) is 20.1. The number of piperazine rings is 1. The molecule has 1 aromatic carbocycles. The van der Waals surface area contributed by atoms with Crippen LogP contribution in [0.4, 0.5) is 0 Å². The minimum atomic E-state index is 0.162. The minimum Gasteiger partial charge on any atom is -0.493 e. The van der Waals surface area contributed by atoms with E-state index in [1.165, 1.54) is 54.6 Å². The molecule has 7 rings (SSSR count). The fraction of sp³-hybridized carbons (Fsp3) is 0.720. The van der Waals surface area contributed by atoms with Crippen LogP contribution in [-0.2, 0) is 17.8 Å². The molecule has 3 N–H and O–H groups in total. The fourth-order valence-corrected chi connectivity index (χ4v) is 7.78. The number of hydrogen-bond donors (Lipinski definition) is 3. The van der Waals surface area contributed by atoms with Gasteiger partial charge in [0.25, 0.3) is 5.91 Å². The van der Waals surface area contributed by atoms with Crippen LogP contribution in [0.5, 0.6) is 5.75 Å². The maximum atomic E-state index is 12.9. The Bertz CT molecular complexity index is 779. The number of fused-ring (bicyclic) bond motifs is 1. The van der Waals surface area contributed by atoms with Crippen molar-refractivity contribution in [1.29, 1.82) is 0 Å². The van der Waals surface area contributed by atoms with Gasteiger partial charge in [0.2, 0.25) is 0 Å². The first-order valence-electron chi connectivity index (χ1n) is 12.4. The van der Waals surface area contributed by atoms with E-state index in [1.807, 2.05) is 0 Å². The zero-order valence-corrected chi connectivity index (χ0v) is 18.2. The summed E-state index contributed by atoms with van der Waals surface area (Å²) in [7, 11) is 0. The fourth-order valence-electron chi connectivity index (χ4n) is 7.78. The van der Waals surface area contributed by atoms with Crippen molar-refractivity contribution in [3.05, 3.63) is 29.3 Å². The molecule has 0 spiro atoms. The lowest BCUT2D eigenvalue weighted by Crippen LogP contribution is -3.28. The Balaban J connectivity index is 0.986. The Morgan fingerprint density at radius 3 is 2.37 bits per heavy atom. The average molecular weight is 412 g/mol. The maximum Gasteiger partial charge on any atom is 0.275 e. The lowest BCUT2D eigenvalue weighted by atomic mass is 9.53. The van der Waals surface area contributed by atoms with Crippen molar-refractivity contribution >= 4 is 5.91 Å². The maximum absolute atomic E-state index is 12.9. The highest BCUT2D eigenvalue weighted by Gasteiger charge is 2.51. The van der Waals surface area contributed by atoms with E-state index in [0.717, 1.165) is 69.3 Å².